The summed E-state index contributed by atoms with van der Waals surface area (Å²) in [6, 6.07) is 15.9. The normalized spacial score (nSPS) is 11.0. The lowest BCUT2D eigenvalue weighted by molar-refractivity contribution is 0.581. The van der Waals surface area contributed by atoms with E-state index < -0.39 is 10.0 Å². The molecule has 2 aromatic rings. The highest BCUT2D eigenvalue weighted by atomic mass is 32.2. The summed E-state index contributed by atoms with van der Waals surface area (Å²) >= 11 is 0. The predicted molar refractivity (Wildman–Crippen MR) is 95.4 cm³/mol. The van der Waals surface area contributed by atoms with Gasteiger partial charge in [0, 0.05) is 25.3 Å². The number of nitrogens with one attached hydrogen (secondary N) is 1. The summed E-state index contributed by atoms with van der Waals surface area (Å²) in [5.74, 6) is 0. The fraction of sp³-hybridized carbons (Fsp3) is 0.278. The van der Waals surface area contributed by atoms with Gasteiger partial charge in [-0.25, -0.2) is 13.1 Å². The van der Waals surface area contributed by atoms with Gasteiger partial charge in [0.15, 0.2) is 0 Å². The molecule has 0 aromatic heterocycles. The Hall–Kier alpha value is -2.36. The van der Waals surface area contributed by atoms with Gasteiger partial charge in [-0.1, -0.05) is 18.2 Å². The smallest absolute Gasteiger partial charge is 0.240 e. The molecule has 2 aromatic carbocycles. The van der Waals surface area contributed by atoms with Gasteiger partial charge in [0.25, 0.3) is 0 Å². The number of nitrogens with zero attached hydrogens (tertiary/aromatic N) is 2. The van der Waals surface area contributed by atoms with Crippen molar-refractivity contribution in [3.05, 3.63) is 59.7 Å². The molecule has 0 bridgehead atoms. The molecule has 0 unspecified atom stereocenters. The van der Waals surface area contributed by atoms with E-state index in [4.69, 9.17) is 5.26 Å². The van der Waals surface area contributed by atoms with E-state index in [0.717, 1.165) is 17.8 Å². The Morgan fingerprint density at radius 2 is 1.79 bits per heavy atom. The maximum absolute atomic E-state index is 12.3. The molecule has 0 saturated carbocycles. The molecular formula is C18H21N3O2S. The minimum absolute atomic E-state index is 0.167. The Morgan fingerprint density at radius 1 is 1.12 bits per heavy atom. The van der Waals surface area contributed by atoms with E-state index in [0.29, 0.717) is 18.7 Å². The molecule has 126 valence electrons. The van der Waals surface area contributed by atoms with Gasteiger partial charge in [-0.2, -0.15) is 5.26 Å². The molecule has 0 heterocycles. The average molecular weight is 343 g/mol. The number of hydrogen-bond donors (Lipinski definition) is 1. The highest BCUT2D eigenvalue weighted by Gasteiger charge is 2.14. The van der Waals surface area contributed by atoms with Gasteiger partial charge in [0.1, 0.15) is 0 Å². The number of likely N-dealkylation sites (N-methyl/N-ethyl adjacent to an activating group) is 1. The molecule has 2 rings (SSSR count). The minimum atomic E-state index is -3.57. The third-order valence-electron chi connectivity index (χ3n) is 3.81. The van der Waals surface area contributed by atoms with Crippen molar-refractivity contribution in [2.75, 3.05) is 24.5 Å². The molecule has 5 nitrogen and oxygen atoms in total. The summed E-state index contributed by atoms with van der Waals surface area (Å²) in [7, 11) is -3.57. The molecule has 24 heavy (non-hydrogen) atoms. The lowest BCUT2D eigenvalue weighted by Crippen LogP contribution is -2.35. The zero-order valence-corrected chi connectivity index (χ0v) is 14.7. The third kappa shape index (κ3) is 4.34. The van der Waals surface area contributed by atoms with Crippen molar-refractivity contribution in [3.8, 4) is 6.07 Å². The van der Waals surface area contributed by atoms with Gasteiger partial charge >= 0.3 is 0 Å². The topological polar surface area (TPSA) is 73.2 Å². The van der Waals surface area contributed by atoms with Crippen molar-refractivity contribution in [3.63, 3.8) is 0 Å². The zero-order valence-electron chi connectivity index (χ0n) is 13.9. The van der Waals surface area contributed by atoms with Crippen molar-refractivity contribution < 1.29 is 8.42 Å². The van der Waals surface area contributed by atoms with Crippen LogP contribution in [0.25, 0.3) is 0 Å². The summed E-state index contributed by atoms with van der Waals surface area (Å²) in [6.07, 6.45) is 0. The van der Waals surface area contributed by atoms with Gasteiger partial charge in [-0.3, -0.25) is 0 Å². The maximum Gasteiger partial charge on any atom is 0.240 e. The first-order chi connectivity index (χ1) is 11.5. The number of anilines is 1. The van der Waals surface area contributed by atoms with Gasteiger partial charge in [-0.05, 0) is 49.7 Å². The fourth-order valence-electron chi connectivity index (χ4n) is 2.47. The third-order valence-corrected chi connectivity index (χ3v) is 5.28. The molecular weight excluding hydrogens is 322 g/mol. The van der Waals surface area contributed by atoms with E-state index in [2.05, 4.69) is 9.62 Å². The Labute approximate surface area is 143 Å². The van der Waals surface area contributed by atoms with Crippen LogP contribution in [0, 0.1) is 18.3 Å². The van der Waals surface area contributed by atoms with E-state index in [1.165, 1.54) is 24.3 Å². The predicted octanol–water partition coefficient (Wildman–Crippen LogP) is 2.67. The quantitative estimate of drug-likeness (QED) is 0.839. The van der Waals surface area contributed by atoms with Crippen LogP contribution < -0.4 is 9.62 Å². The van der Waals surface area contributed by atoms with Crippen LogP contribution in [-0.2, 0) is 10.0 Å². The number of para-hydroxylation sites is 1. The highest BCUT2D eigenvalue weighted by molar-refractivity contribution is 7.89. The highest BCUT2D eigenvalue weighted by Crippen LogP contribution is 2.18. The van der Waals surface area contributed by atoms with E-state index in [-0.39, 0.29) is 4.90 Å². The average Bonchev–Trinajstić information content (AvgIpc) is 2.59. The lowest BCUT2D eigenvalue weighted by atomic mass is 10.2. The van der Waals surface area contributed by atoms with Crippen LogP contribution in [0.5, 0.6) is 0 Å². The number of benzene rings is 2. The van der Waals surface area contributed by atoms with E-state index in [1.54, 1.807) is 0 Å². The SMILES string of the molecule is CCN(CCNS(=O)(=O)c1ccc(C#N)cc1)c1ccccc1C. The zero-order chi connectivity index (χ0) is 17.6. The molecule has 0 saturated heterocycles. The van der Waals surface area contributed by atoms with Crippen molar-refractivity contribution in [1.82, 2.24) is 4.72 Å². The number of hydrogen-bond acceptors (Lipinski definition) is 4. The van der Waals surface area contributed by atoms with Crippen LogP contribution >= 0.6 is 0 Å². The van der Waals surface area contributed by atoms with Crippen molar-refractivity contribution in [2.24, 2.45) is 0 Å². The first kappa shape index (κ1) is 18.0. The molecule has 0 aliphatic rings. The van der Waals surface area contributed by atoms with Crippen LogP contribution in [0.2, 0.25) is 0 Å². The Balaban J connectivity index is 2.01. The molecule has 0 fully saturated rings. The second-order valence-electron chi connectivity index (χ2n) is 5.40. The van der Waals surface area contributed by atoms with Gasteiger partial charge in [-0.15, -0.1) is 0 Å². The first-order valence-electron chi connectivity index (χ1n) is 7.78. The molecule has 0 radical (unpaired) electrons. The molecule has 0 atom stereocenters. The van der Waals surface area contributed by atoms with Gasteiger partial charge < -0.3 is 4.90 Å². The fourth-order valence-corrected chi connectivity index (χ4v) is 3.50. The lowest BCUT2D eigenvalue weighted by Gasteiger charge is -2.25. The number of sulfonamides is 1. The Morgan fingerprint density at radius 3 is 2.38 bits per heavy atom. The summed E-state index contributed by atoms with van der Waals surface area (Å²) in [5, 5.41) is 8.77. The van der Waals surface area contributed by atoms with Crippen molar-refractivity contribution in [1.29, 1.82) is 5.26 Å². The van der Waals surface area contributed by atoms with Crippen LogP contribution in [0.4, 0.5) is 5.69 Å². The number of nitriles is 1. The molecule has 0 aliphatic heterocycles. The second kappa shape index (κ2) is 7.95. The summed E-state index contributed by atoms with van der Waals surface area (Å²) in [5.41, 5.74) is 2.71. The number of rotatable bonds is 7. The number of aryl methyl sites for hydroxylation is 1. The second-order valence-corrected chi connectivity index (χ2v) is 7.17. The first-order valence-corrected chi connectivity index (χ1v) is 9.26. The van der Waals surface area contributed by atoms with Gasteiger partial charge in [0.2, 0.25) is 10.0 Å². The summed E-state index contributed by atoms with van der Waals surface area (Å²) < 4.78 is 27.2. The Kier molecular flexibility index (Phi) is 5.96. The summed E-state index contributed by atoms with van der Waals surface area (Å²) in [6.45, 7) is 5.77. The summed E-state index contributed by atoms with van der Waals surface area (Å²) in [4.78, 5) is 2.30. The molecule has 0 aliphatic carbocycles. The molecule has 0 amide bonds. The molecule has 1 N–H and O–H groups in total. The van der Waals surface area contributed by atoms with E-state index in [1.807, 2.05) is 44.2 Å². The van der Waals surface area contributed by atoms with E-state index in [9.17, 15) is 8.42 Å². The van der Waals surface area contributed by atoms with Crippen LogP contribution in [0.3, 0.4) is 0 Å². The monoisotopic (exact) mass is 343 g/mol. The van der Waals surface area contributed by atoms with Crippen molar-refractivity contribution >= 4 is 15.7 Å². The minimum Gasteiger partial charge on any atom is -0.370 e. The largest absolute Gasteiger partial charge is 0.370 e. The Bertz CT molecular complexity index is 824. The van der Waals surface area contributed by atoms with Crippen LogP contribution in [0.15, 0.2) is 53.4 Å². The standard InChI is InChI=1S/C18H21N3O2S/c1-3-21(18-7-5-4-6-15(18)2)13-12-20-24(22,23)17-10-8-16(14-19)9-11-17/h4-11,20H,3,12-13H2,1-2H3. The van der Waals surface area contributed by atoms with Crippen molar-refractivity contribution in [2.45, 2.75) is 18.7 Å². The molecule has 0 spiro atoms. The van der Waals surface area contributed by atoms with Gasteiger partial charge in [0.05, 0.1) is 16.5 Å². The van der Waals surface area contributed by atoms with Crippen LogP contribution in [-0.4, -0.2) is 28.1 Å². The van der Waals surface area contributed by atoms with E-state index >= 15 is 0 Å². The molecule has 6 heteroatoms. The maximum atomic E-state index is 12.3. The van der Waals surface area contributed by atoms with Crippen LogP contribution in [0.1, 0.15) is 18.1 Å².